The summed E-state index contributed by atoms with van der Waals surface area (Å²) in [6, 6.07) is 3.75. The minimum Gasteiger partial charge on any atom is -0.394 e. The summed E-state index contributed by atoms with van der Waals surface area (Å²) >= 11 is 1.45. The number of nitrogens with zero attached hydrogens (tertiary/aromatic N) is 3. The Morgan fingerprint density at radius 1 is 1.43 bits per heavy atom. The van der Waals surface area contributed by atoms with Crippen molar-refractivity contribution in [3.05, 3.63) is 23.2 Å². The summed E-state index contributed by atoms with van der Waals surface area (Å²) in [6.07, 6.45) is 0.855. The van der Waals surface area contributed by atoms with Gasteiger partial charge in [0.25, 0.3) is 0 Å². The van der Waals surface area contributed by atoms with Crippen molar-refractivity contribution in [2.24, 2.45) is 0 Å². The first kappa shape index (κ1) is 15.7. The van der Waals surface area contributed by atoms with Crippen molar-refractivity contribution in [1.29, 1.82) is 0 Å². The van der Waals surface area contributed by atoms with Crippen molar-refractivity contribution in [3.8, 4) is 22.4 Å². The van der Waals surface area contributed by atoms with Gasteiger partial charge in [-0.2, -0.15) is 0 Å². The topological polar surface area (TPSA) is 91.4 Å². The molecule has 1 atom stereocenters. The molecule has 21 heavy (non-hydrogen) atoms. The van der Waals surface area contributed by atoms with E-state index in [-0.39, 0.29) is 13.2 Å². The normalized spacial score (nSPS) is 12.8. The van der Waals surface area contributed by atoms with Crippen LogP contribution in [-0.2, 0) is 6.54 Å². The van der Waals surface area contributed by atoms with Crippen LogP contribution in [0.5, 0.6) is 0 Å². The molecule has 3 N–H and O–H groups in total. The molecule has 0 amide bonds. The minimum absolute atomic E-state index is 0.195. The molecule has 2 aromatic heterocycles. The van der Waals surface area contributed by atoms with Crippen LogP contribution in [0, 0.1) is 11.8 Å². The van der Waals surface area contributed by atoms with Gasteiger partial charge in [0.05, 0.1) is 35.2 Å². The number of hydrogen-bond donors (Lipinski definition) is 3. The lowest BCUT2D eigenvalue weighted by Crippen LogP contribution is -2.20. The van der Waals surface area contributed by atoms with Crippen LogP contribution < -0.4 is 0 Å². The SMILES string of the molecule is CC(C)(O)C#Cc1ccc(-c2cn(CC(O)CO)nn2)s1. The van der Waals surface area contributed by atoms with E-state index in [1.165, 1.54) is 16.0 Å². The highest BCUT2D eigenvalue weighted by molar-refractivity contribution is 7.16. The summed E-state index contributed by atoms with van der Waals surface area (Å²) in [5.41, 5.74) is -0.338. The van der Waals surface area contributed by atoms with E-state index in [2.05, 4.69) is 22.2 Å². The van der Waals surface area contributed by atoms with Gasteiger partial charge in [0.1, 0.15) is 11.3 Å². The highest BCUT2D eigenvalue weighted by atomic mass is 32.1. The molecule has 7 heteroatoms. The van der Waals surface area contributed by atoms with E-state index in [9.17, 15) is 10.2 Å². The largest absolute Gasteiger partial charge is 0.394 e. The highest BCUT2D eigenvalue weighted by Crippen LogP contribution is 2.25. The van der Waals surface area contributed by atoms with Crippen LogP contribution in [0.25, 0.3) is 10.6 Å². The lowest BCUT2D eigenvalue weighted by atomic mass is 10.1. The maximum absolute atomic E-state index is 9.57. The van der Waals surface area contributed by atoms with Gasteiger partial charge in [-0.05, 0) is 26.0 Å². The van der Waals surface area contributed by atoms with Crippen LogP contribution in [0.4, 0.5) is 0 Å². The predicted octanol–water partition coefficient (Wildman–Crippen LogP) is 0.482. The molecule has 0 aliphatic rings. The van der Waals surface area contributed by atoms with E-state index < -0.39 is 11.7 Å². The van der Waals surface area contributed by atoms with E-state index in [1.807, 2.05) is 12.1 Å². The average Bonchev–Trinajstić information content (AvgIpc) is 3.03. The maximum Gasteiger partial charge on any atom is 0.123 e. The molecule has 0 aromatic carbocycles. The summed E-state index contributed by atoms with van der Waals surface area (Å²) in [5.74, 6) is 5.67. The fourth-order valence-electron chi connectivity index (χ4n) is 1.53. The third kappa shape index (κ3) is 4.65. The molecular formula is C14H17N3O3S. The summed E-state index contributed by atoms with van der Waals surface area (Å²) in [7, 11) is 0. The molecular weight excluding hydrogens is 290 g/mol. The standard InChI is InChI=1S/C14H17N3O3S/c1-14(2,20)6-5-11-3-4-13(21-11)12-8-17(16-15-12)7-10(19)9-18/h3-4,8,10,18-20H,7,9H2,1-2H3. The summed E-state index contributed by atoms with van der Waals surface area (Å²) in [4.78, 5) is 1.73. The molecule has 112 valence electrons. The van der Waals surface area contributed by atoms with Crippen LogP contribution in [0.1, 0.15) is 18.7 Å². The van der Waals surface area contributed by atoms with Crippen molar-refractivity contribution in [1.82, 2.24) is 15.0 Å². The first-order valence-electron chi connectivity index (χ1n) is 6.42. The molecule has 2 heterocycles. The van der Waals surface area contributed by atoms with Gasteiger partial charge >= 0.3 is 0 Å². The summed E-state index contributed by atoms with van der Waals surface area (Å²) in [6.45, 7) is 3.14. The van der Waals surface area contributed by atoms with E-state index >= 15 is 0 Å². The number of aromatic nitrogens is 3. The predicted molar refractivity (Wildman–Crippen MR) is 79.6 cm³/mol. The van der Waals surface area contributed by atoms with Crippen molar-refractivity contribution < 1.29 is 15.3 Å². The van der Waals surface area contributed by atoms with Gasteiger partial charge in [0.2, 0.25) is 0 Å². The molecule has 2 aromatic rings. The zero-order chi connectivity index (χ0) is 15.5. The lowest BCUT2D eigenvalue weighted by molar-refractivity contribution is 0.0778. The Morgan fingerprint density at radius 2 is 2.19 bits per heavy atom. The van der Waals surface area contributed by atoms with E-state index in [1.54, 1.807) is 20.0 Å². The molecule has 6 nitrogen and oxygen atoms in total. The Balaban J connectivity index is 2.12. The Morgan fingerprint density at radius 3 is 2.86 bits per heavy atom. The van der Waals surface area contributed by atoms with Gasteiger partial charge in [-0.15, -0.1) is 16.4 Å². The number of rotatable bonds is 4. The van der Waals surface area contributed by atoms with Gasteiger partial charge in [-0.25, -0.2) is 4.68 Å². The summed E-state index contributed by atoms with van der Waals surface area (Å²) in [5, 5.41) is 35.7. The molecule has 0 aliphatic heterocycles. The molecule has 0 saturated carbocycles. The second-order valence-electron chi connectivity index (χ2n) is 5.14. The molecule has 0 fully saturated rings. The first-order chi connectivity index (χ1) is 9.87. The molecule has 0 aliphatic carbocycles. The fourth-order valence-corrected chi connectivity index (χ4v) is 2.34. The maximum atomic E-state index is 9.57. The number of thiophene rings is 1. The first-order valence-corrected chi connectivity index (χ1v) is 7.24. The van der Waals surface area contributed by atoms with Crippen molar-refractivity contribution in [3.63, 3.8) is 0 Å². The second-order valence-corrected chi connectivity index (χ2v) is 6.22. The van der Waals surface area contributed by atoms with Crippen molar-refractivity contribution >= 4 is 11.3 Å². The molecule has 0 bridgehead atoms. The van der Waals surface area contributed by atoms with Crippen LogP contribution in [0.15, 0.2) is 18.3 Å². The van der Waals surface area contributed by atoms with Gasteiger partial charge < -0.3 is 15.3 Å². The third-order valence-corrected chi connectivity index (χ3v) is 3.52. The van der Waals surface area contributed by atoms with Gasteiger partial charge in [0.15, 0.2) is 0 Å². The van der Waals surface area contributed by atoms with Gasteiger partial charge in [-0.1, -0.05) is 17.1 Å². The second kappa shape index (κ2) is 6.37. The Hall–Kier alpha value is -1.72. The average molecular weight is 307 g/mol. The Kier molecular flexibility index (Phi) is 4.75. The van der Waals surface area contributed by atoms with Gasteiger partial charge in [-0.3, -0.25) is 0 Å². The Bertz CT molecular complexity index is 661. The van der Waals surface area contributed by atoms with E-state index in [0.29, 0.717) is 5.69 Å². The minimum atomic E-state index is -1.02. The van der Waals surface area contributed by atoms with Crippen molar-refractivity contribution in [2.75, 3.05) is 6.61 Å². The van der Waals surface area contributed by atoms with Crippen LogP contribution in [0.2, 0.25) is 0 Å². The molecule has 1 unspecified atom stereocenters. The number of aliphatic hydroxyl groups is 3. The third-order valence-electron chi connectivity index (χ3n) is 2.50. The Labute approximate surface area is 126 Å². The number of aliphatic hydroxyl groups excluding tert-OH is 2. The van der Waals surface area contributed by atoms with Crippen LogP contribution >= 0.6 is 11.3 Å². The molecule has 2 rings (SSSR count). The highest BCUT2D eigenvalue weighted by Gasteiger charge is 2.10. The fraction of sp³-hybridized carbons (Fsp3) is 0.429. The van der Waals surface area contributed by atoms with Crippen molar-refractivity contribution in [2.45, 2.75) is 32.1 Å². The van der Waals surface area contributed by atoms with Crippen LogP contribution in [0.3, 0.4) is 0 Å². The number of hydrogen-bond acceptors (Lipinski definition) is 6. The zero-order valence-corrected chi connectivity index (χ0v) is 12.6. The molecule has 0 saturated heterocycles. The lowest BCUT2D eigenvalue weighted by Gasteiger charge is -2.05. The quantitative estimate of drug-likeness (QED) is 0.715. The molecule has 0 radical (unpaired) electrons. The smallest absolute Gasteiger partial charge is 0.123 e. The summed E-state index contributed by atoms with van der Waals surface area (Å²) < 4.78 is 1.48. The van der Waals surface area contributed by atoms with Crippen LogP contribution in [-0.4, -0.2) is 48.6 Å². The van der Waals surface area contributed by atoms with E-state index in [0.717, 1.165) is 9.75 Å². The monoisotopic (exact) mass is 307 g/mol. The van der Waals surface area contributed by atoms with Gasteiger partial charge in [0, 0.05) is 0 Å². The molecule has 0 spiro atoms. The van der Waals surface area contributed by atoms with E-state index in [4.69, 9.17) is 5.11 Å². The zero-order valence-electron chi connectivity index (χ0n) is 11.8.